The molecule has 0 bridgehead atoms. The van der Waals surface area contributed by atoms with Crippen molar-refractivity contribution in [1.29, 1.82) is 0 Å². The van der Waals surface area contributed by atoms with E-state index in [9.17, 15) is 0 Å². The molecule has 0 atom stereocenters. The standard InChI is InChI=1S/C14H22N4O/c1-19-14(8-4-5-9-14)13-16-11-7-3-2-6-10(11)12(17-13)18-15/h2-9,15H2,1H3,(H,16,17,18). The number of fused-ring (bicyclic) bond motifs is 1. The van der Waals surface area contributed by atoms with Crippen LogP contribution >= 0.6 is 0 Å². The maximum Gasteiger partial charge on any atom is 0.162 e. The van der Waals surface area contributed by atoms with Crippen molar-refractivity contribution >= 4 is 5.82 Å². The van der Waals surface area contributed by atoms with E-state index in [1.54, 1.807) is 7.11 Å². The van der Waals surface area contributed by atoms with Gasteiger partial charge in [-0.3, -0.25) is 0 Å². The van der Waals surface area contributed by atoms with Crippen LogP contribution in [0.3, 0.4) is 0 Å². The number of nitrogens with one attached hydrogen (secondary N) is 1. The lowest BCUT2D eigenvalue weighted by atomic mass is 9.94. The Balaban J connectivity index is 2.06. The first-order chi connectivity index (χ1) is 9.29. The average molecular weight is 262 g/mol. The fourth-order valence-electron chi connectivity index (χ4n) is 3.38. The molecule has 1 heterocycles. The van der Waals surface area contributed by atoms with Crippen LogP contribution in [0.15, 0.2) is 0 Å². The second-order valence-electron chi connectivity index (χ2n) is 5.58. The third-order valence-electron chi connectivity index (χ3n) is 4.53. The number of hydrogen-bond donors (Lipinski definition) is 2. The van der Waals surface area contributed by atoms with Crippen LogP contribution < -0.4 is 11.3 Å². The molecule has 0 aliphatic heterocycles. The Kier molecular flexibility index (Phi) is 3.41. The molecule has 0 unspecified atom stereocenters. The zero-order valence-corrected chi connectivity index (χ0v) is 11.5. The molecule has 1 aromatic rings. The highest BCUT2D eigenvalue weighted by atomic mass is 16.5. The Bertz CT molecular complexity index is 452. The van der Waals surface area contributed by atoms with Gasteiger partial charge in [-0.05, 0) is 51.4 Å². The Morgan fingerprint density at radius 2 is 1.84 bits per heavy atom. The lowest BCUT2D eigenvalue weighted by Crippen LogP contribution is -2.30. The van der Waals surface area contributed by atoms with Gasteiger partial charge in [0, 0.05) is 18.4 Å². The van der Waals surface area contributed by atoms with Gasteiger partial charge in [0.05, 0.1) is 0 Å². The van der Waals surface area contributed by atoms with Gasteiger partial charge in [0.2, 0.25) is 0 Å². The van der Waals surface area contributed by atoms with Crippen molar-refractivity contribution in [3.63, 3.8) is 0 Å². The predicted octanol–water partition coefficient (Wildman–Crippen LogP) is 2.06. The minimum absolute atomic E-state index is 0.294. The first-order valence-electron chi connectivity index (χ1n) is 7.21. The van der Waals surface area contributed by atoms with Crippen molar-refractivity contribution in [2.24, 2.45) is 5.84 Å². The number of hydrazine groups is 1. The van der Waals surface area contributed by atoms with Crippen LogP contribution in [0.2, 0.25) is 0 Å². The van der Waals surface area contributed by atoms with Gasteiger partial charge in [-0.25, -0.2) is 15.8 Å². The highest BCUT2D eigenvalue weighted by molar-refractivity contribution is 5.47. The van der Waals surface area contributed by atoms with Crippen LogP contribution in [-0.4, -0.2) is 17.1 Å². The molecule has 1 fully saturated rings. The highest BCUT2D eigenvalue weighted by Crippen LogP contribution is 2.41. The molecule has 0 amide bonds. The summed E-state index contributed by atoms with van der Waals surface area (Å²) in [6.07, 6.45) is 8.82. The van der Waals surface area contributed by atoms with Gasteiger partial charge >= 0.3 is 0 Å². The molecular formula is C14H22N4O. The fraction of sp³-hybridized carbons (Fsp3) is 0.714. The first kappa shape index (κ1) is 12.8. The smallest absolute Gasteiger partial charge is 0.162 e. The molecule has 1 saturated carbocycles. The summed E-state index contributed by atoms with van der Waals surface area (Å²) < 4.78 is 5.78. The van der Waals surface area contributed by atoms with Crippen LogP contribution in [0.5, 0.6) is 0 Å². The Morgan fingerprint density at radius 3 is 2.53 bits per heavy atom. The van der Waals surface area contributed by atoms with E-state index >= 15 is 0 Å². The largest absolute Gasteiger partial charge is 0.370 e. The van der Waals surface area contributed by atoms with Crippen LogP contribution in [0, 0.1) is 0 Å². The van der Waals surface area contributed by atoms with Crippen LogP contribution in [0.25, 0.3) is 0 Å². The topological polar surface area (TPSA) is 73.1 Å². The third-order valence-corrected chi connectivity index (χ3v) is 4.53. The minimum atomic E-state index is -0.294. The van der Waals surface area contributed by atoms with Gasteiger partial charge in [-0.2, -0.15) is 0 Å². The maximum atomic E-state index is 5.78. The molecule has 5 nitrogen and oxygen atoms in total. The van der Waals surface area contributed by atoms with E-state index in [1.807, 2.05) is 0 Å². The summed E-state index contributed by atoms with van der Waals surface area (Å²) >= 11 is 0. The molecule has 2 aliphatic carbocycles. The number of aryl methyl sites for hydroxylation is 1. The molecule has 0 radical (unpaired) electrons. The summed E-state index contributed by atoms with van der Waals surface area (Å²) in [6.45, 7) is 0. The van der Waals surface area contributed by atoms with Crippen molar-refractivity contribution < 1.29 is 4.74 Å². The molecule has 0 spiro atoms. The van der Waals surface area contributed by atoms with Gasteiger partial charge < -0.3 is 10.2 Å². The van der Waals surface area contributed by atoms with E-state index in [1.165, 1.54) is 31.2 Å². The Morgan fingerprint density at radius 1 is 1.11 bits per heavy atom. The monoisotopic (exact) mass is 262 g/mol. The summed E-state index contributed by atoms with van der Waals surface area (Å²) in [5.74, 6) is 7.26. The summed E-state index contributed by atoms with van der Waals surface area (Å²) in [5, 5.41) is 0. The van der Waals surface area contributed by atoms with Gasteiger partial charge in [-0.15, -0.1) is 0 Å². The normalized spacial score (nSPS) is 21.2. The van der Waals surface area contributed by atoms with Crippen LogP contribution in [0.1, 0.15) is 55.6 Å². The summed E-state index contributed by atoms with van der Waals surface area (Å²) in [6, 6.07) is 0. The van der Waals surface area contributed by atoms with Crippen LogP contribution in [0.4, 0.5) is 5.82 Å². The van der Waals surface area contributed by atoms with Crippen molar-refractivity contribution in [3.8, 4) is 0 Å². The first-order valence-corrected chi connectivity index (χ1v) is 7.21. The molecule has 0 saturated heterocycles. The lowest BCUT2D eigenvalue weighted by Gasteiger charge is -2.28. The van der Waals surface area contributed by atoms with E-state index < -0.39 is 0 Å². The summed E-state index contributed by atoms with van der Waals surface area (Å²) in [5.41, 5.74) is 4.82. The molecule has 3 rings (SSSR count). The van der Waals surface area contributed by atoms with Crippen molar-refractivity contribution in [3.05, 3.63) is 17.1 Å². The summed E-state index contributed by atoms with van der Waals surface area (Å²) in [4.78, 5) is 9.47. The molecule has 2 aliphatic rings. The molecule has 1 aromatic heterocycles. The van der Waals surface area contributed by atoms with Gasteiger partial charge in [0.15, 0.2) is 5.82 Å². The number of nitrogens with zero attached hydrogens (tertiary/aromatic N) is 2. The van der Waals surface area contributed by atoms with E-state index in [0.29, 0.717) is 0 Å². The van der Waals surface area contributed by atoms with E-state index in [2.05, 4.69) is 10.4 Å². The van der Waals surface area contributed by atoms with Crippen molar-refractivity contribution in [1.82, 2.24) is 9.97 Å². The van der Waals surface area contributed by atoms with Gasteiger partial charge in [0.1, 0.15) is 11.4 Å². The maximum absolute atomic E-state index is 5.78. The predicted molar refractivity (Wildman–Crippen MR) is 73.6 cm³/mol. The minimum Gasteiger partial charge on any atom is -0.370 e. The molecular weight excluding hydrogens is 240 g/mol. The number of methoxy groups -OCH3 is 1. The fourth-order valence-corrected chi connectivity index (χ4v) is 3.38. The van der Waals surface area contributed by atoms with Gasteiger partial charge in [-0.1, -0.05) is 0 Å². The Hall–Kier alpha value is -1.20. The number of anilines is 1. The third kappa shape index (κ3) is 2.11. The van der Waals surface area contributed by atoms with Crippen LogP contribution in [-0.2, 0) is 23.2 Å². The zero-order chi connectivity index (χ0) is 13.3. The van der Waals surface area contributed by atoms with E-state index in [-0.39, 0.29) is 5.60 Å². The number of nitrogen functional groups attached to an aromatic ring is 1. The highest BCUT2D eigenvalue weighted by Gasteiger charge is 2.39. The lowest BCUT2D eigenvalue weighted by molar-refractivity contribution is -0.0164. The summed E-state index contributed by atoms with van der Waals surface area (Å²) in [7, 11) is 1.77. The number of rotatable bonds is 3. The molecule has 3 N–H and O–H groups in total. The zero-order valence-electron chi connectivity index (χ0n) is 11.5. The SMILES string of the molecule is COC1(c2nc3c(c(NN)n2)CCCC3)CCCC1. The molecule has 104 valence electrons. The second-order valence-corrected chi connectivity index (χ2v) is 5.58. The molecule has 19 heavy (non-hydrogen) atoms. The van der Waals surface area contributed by atoms with Crippen molar-refractivity contribution in [2.45, 2.75) is 57.0 Å². The quantitative estimate of drug-likeness (QED) is 0.644. The van der Waals surface area contributed by atoms with E-state index in [4.69, 9.17) is 15.6 Å². The van der Waals surface area contributed by atoms with E-state index in [0.717, 1.165) is 43.0 Å². The molecule has 0 aromatic carbocycles. The second kappa shape index (κ2) is 5.06. The molecule has 5 heteroatoms. The number of nitrogens with two attached hydrogens (primary N) is 1. The number of hydrogen-bond acceptors (Lipinski definition) is 5. The number of ether oxygens (including phenoxy) is 1. The number of aromatic nitrogens is 2. The Labute approximate surface area is 113 Å². The average Bonchev–Trinajstić information content (AvgIpc) is 2.96. The van der Waals surface area contributed by atoms with Gasteiger partial charge in [0.25, 0.3) is 0 Å². The van der Waals surface area contributed by atoms with Crippen molar-refractivity contribution in [2.75, 3.05) is 12.5 Å².